The smallest absolute Gasteiger partial charge is 0.125 e. The van der Waals surface area contributed by atoms with E-state index in [0.29, 0.717) is 0 Å². The van der Waals surface area contributed by atoms with Gasteiger partial charge in [-0.2, -0.15) is 0 Å². The van der Waals surface area contributed by atoms with Gasteiger partial charge in [-0.3, -0.25) is 0 Å². The first-order chi connectivity index (χ1) is 7.31. The zero-order chi connectivity index (χ0) is 10.7. The molecule has 0 aliphatic carbocycles. The van der Waals surface area contributed by atoms with Crippen LogP contribution in [0.25, 0.3) is 0 Å². The van der Waals surface area contributed by atoms with Crippen molar-refractivity contribution in [3.8, 4) is 0 Å². The van der Waals surface area contributed by atoms with Crippen LogP contribution >= 0.6 is 0 Å². The summed E-state index contributed by atoms with van der Waals surface area (Å²) >= 11 is 0. The molecule has 2 rings (SSSR count). The molecule has 1 heterocycles. The second-order valence-corrected chi connectivity index (χ2v) is 3.68. The van der Waals surface area contributed by atoms with Crippen molar-refractivity contribution in [1.82, 2.24) is 5.32 Å². The first kappa shape index (κ1) is 10.2. The number of benzene rings is 1. The number of hydrogen-bond acceptors (Lipinski definition) is 2. The standard InChI is InChI=1S/C12H15FN2/c1-2-11-9-14-6-7-15(11)12-5-3-4-10(13)8-12/h2-5,8,11,14H,1,6-7,9H2. The van der Waals surface area contributed by atoms with E-state index >= 15 is 0 Å². The SMILES string of the molecule is C=CC1CNCCN1c1cccc(F)c1. The van der Waals surface area contributed by atoms with E-state index in [1.807, 2.05) is 12.1 Å². The third kappa shape index (κ3) is 2.18. The molecule has 2 nitrogen and oxygen atoms in total. The Labute approximate surface area is 89.4 Å². The summed E-state index contributed by atoms with van der Waals surface area (Å²) in [5.74, 6) is -0.186. The fraction of sp³-hybridized carbons (Fsp3) is 0.333. The third-order valence-corrected chi connectivity index (χ3v) is 2.70. The molecule has 1 aliphatic rings. The molecule has 1 unspecified atom stereocenters. The van der Waals surface area contributed by atoms with Gasteiger partial charge < -0.3 is 10.2 Å². The highest BCUT2D eigenvalue weighted by Gasteiger charge is 2.19. The largest absolute Gasteiger partial charge is 0.362 e. The zero-order valence-electron chi connectivity index (χ0n) is 8.62. The average Bonchev–Trinajstić information content (AvgIpc) is 2.29. The van der Waals surface area contributed by atoms with Gasteiger partial charge in [0.1, 0.15) is 5.82 Å². The van der Waals surface area contributed by atoms with Gasteiger partial charge in [-0.05, 0) is 18.2 Å². The maximum absolute atomic E-state index is 13.1. The third-order valence-electron chi connectivity index (χ3n) is 2.70. The molecular weight excluding hydrogens is 191 g/mol. The summed E-state index contributed by atoms with van der Waals surface area (Å²) in [6, 6.07) is 6.97. The van der Waals surface area contributed by atoms with Gasteiger partial charge in [-0.15, -0.1) is 6.58 Å². The van der Waals surface area contributed by atoms with Crippen LogP contribution in [0.1, 0.15) is 0 Å². The average molecular weight is 206 g/mol. The fourth-order valence-electron chi connectivity index (χ4n) is 1.91. The van der Waals surface area contributed by atoms with Crippen LogP contribution in [0.4, 0.5) is 10.1 Å². The molecule has 0 spiro atoms. The van der Waals surface area contributed by atoms with Gasteiger partial charge in [0.25, 0.3) is 0 Å². The van der Waals surface area contributed by atoms with E-state index in [-0.39, 0.29) is 11.9 Å². The van der Waals surface area contributed by atoms with Gasteiger partial charge in [-0.25, -0.2) is 4.39 Å². The summed E-state index contributed by atoms with van der Waals surface area (Å²) in [4.78, 5) is 2.17. The molecule has 0 aromatic heterocycles. The van der Waals surface area contributed by atoms with Gasteiger partial charge in [0.2, 0.25) is 0 Å². The normalized spacial score (nSPS) is 21.4. The molecule has 1 atom stereocenters. The Morgan fingerprint density at radius 1 is 1.53 bits per heavy atom. The summed E-state index contributed by atoms with van der Waals surface area (Å²) in [6.45, 7) is 6.50. The Morgan fingerprint density at radius 2 is 2.40 bits per heavy atom. The number of hydrogen-bond donors (Lipinski definition) is 1. The zero-order valence-corrected chi connectivity index (χ0v) is 8.62. The van der Waals surface area contributed by atoms with Crippen LogP contribution in [0.2, 0.25) is 0 Å². The second-order valence-electron chi connectivity index (χ2n) is 3.68. The Balaban J connectivity index is 2.23. The van der Waals surface area contributed by atoms with Crippen LogP contribution in [0.5, 0.6) is 0 Å². The summed E-state index contributed by atoms with van der Waals surface area (Å²) in [5.41, 5.74) is 0.932. The molecule has 1 fully saturated rings. The Morgan fingerprint density at radius 3 is 3.13 bits per heavy atom. The molecule has 0 bridgehead atoms. The van der Waals surface area contributed by atoms with Gasteiger partial charge >= 0.3 is 0 Å². The lowest BCUT2D eigenvalue weighted by molar-refractivity contribution is 0.528. The first-order valence-electron chi connectivity index (χ1n) is 5.17. The van der Waals surface area contributed by atoms with Crippen LogP contribution in [0.3, 0.4) is 0 Å². The quantitative estimate of drug-likeness (QED) is 0.742. The number of nitrogens with zero attached hydrogens (tertiary/aromatic N) is 1. The minimum Gasteiger partial charge on any atom is -0.362 e. The van der Waals surface area contributed by atoms with E-state index in [1.165, 1.54) is 6.07 Å². The molecule has 1 N–H and O–H groups in total. The van der Waals surface area contributed by atoms with Crippen LogP contribution in [0, 0.1) is 5.82 Å². The van der Waals surface area contributed by atoms with Crippen molar-refractivity contribution < 1.29 is 4.39 Å². The molecule has 15 heavy (non-hydrogen) atoms. The Hall–Kier alpha value is -1.35. The van der Waals surface area contributed by atoms with Gasteiger partial charge in [-0.1, -0.05) is 12.1 Å². The summed E-state index contributed by atoms with van der Waals surface area (Å²) < 4.78 is 13.1. The number of nitrogens with one attached hydrogen (secondary N) is 1. The van der Waals surface area contributed by atoms with Crippen molar-refractivity contribution >= 4 is 5.69 Å². The second kappa shape index (κ2) is 4.45. The van der Waals surface area contributed by atoms with E-state index in [0.717, 1.165) is 25.3 Å². The maximum atomic E-state index is 13.1. The number of rotatable bonds is 2. The van der Waals surface area contributed by atoms with Crippen LogP contribution in [-0.2, 0) is 0 Å². The van der Waals surface area contributed by atoms with E-state index in [1.54, 1.807) is 12.1 Å². The lowest BCUT2D eigenvalue weighted by Gasteiger charge is -2.36. The monoisotopic (exact) mass is 206 g/mol. The fourth-order valence-corrected chi connectivity index (χ4v) is 1.91. The van der Waals surface area contributed by atoms with Crippen molar-refractivity contribution in [3.63, 3.8) is 0 Å². The molecule has 1 aliphatic heterocycles. The molecule has 1 aromatic rings. The van der Waals surface area contributed by atoms with E-state index < -0.39 is 0 Å². The molecule has 1 aromatic carbocycles. The van der Waals surface area contributed by atoms with Crippen LogP contribution in [0.15, 0.2) is 36.9 Å². The van der Waals surface area contributed by atoms with Crippen LogP contribution < -0.4 is 10.2 Å². The number of piperazine rings is 1. The van der Waals surface area contributed by atoms with Crippen molar-refractivity contribution in [3.05, 3.63) is 42.7 Å². The molecular formula is C12H15FN2. The van der Waals surface area contributed by atoms with E-state index in [4.69, 9.17) is 0 Å². The van der Waals surface area contributed by atoms with Gasteiger partial charge in [0.05, 0.1) is 6.04 Å². The molecule has 0 radical (unpaired) electrons. The lowest BCUT2D eigenvalue weighted by Crippen LogP contribution is -2.50. The summed E-state index contributed by atoms with van der Waals surface area (Å²) in [6.07, 6.45) is 1.90. The van der Waals surface area contributed by atoms with Crippen molar-refractivity contribution in [1.29, 1.82) is 0 Å². The highest BCUT2D eigenvalue weighted by Crippen LogP contribution is 2.19. The van der Waals surface area contributed by atoms with Gasteiger partial charge in [0, 0.05) is 25.3 Å². The number of halogens is 1. The highest BCUT2D eigenvalue weighted by molar-refractivity contribution is 5.49. The topological polar surface area (TPSA) is 15.3 Å². The van der Waals surface area contributed by atoms with E-state index in [9.17, 15) is 4.39 Å². The first-order valence-corrected chi connectivity index (χ1v) is 5.17. The molecule has 80 valence electrons. The highest BCUT2D eigenvalue weighted by atomic mass is 19.1. The minimum absolute atomic E-state index is 0.186. The van der Waals surface area contributed by atoms with Gasteiger partial charge in [0.15, 0.2) is 0 Å². The van der Waals surface area contributed by atoms with Crippen molar-refractivity contribution in [2.45, 2.75) is 6.04 Å². The molecule has 0 amide bonds. The van der Waals surface area contributed by atoms with Crippen molar-refractivity contribution in [2.24, 2.45) is 0 Å². The molecule has 1 saturated heterocycles. The Bertz CT molecular complexity index is 351. The summed E-state index contributed by atoms with van der Waals surface area (Å²) in [5, 5.41) is 3.29. The number of anilines is 1. The molecule has 3 heteroatoms. The van der Waals surface area contributed by atoms with Crippen molar-refractivity contribution in [2.75, 3.05) is 24.5 Å². The molecule has 0 saturated carbocycles. The van der Waals surface area contributed by atoms with Crippen LogP contribution in [-0.4, -0.2) is 25.7 Å². The van der Waals surface area contributed by atoms with E-state index in [2.05, 4.69) is 16.8 Å². The minimum atomic E-state index is -0.186. The predicted molar refractivity (Wildman–Crippen MR) is 60.6 cm³/mol. The lowest BCUT2D eigenvalue weighted by atomic mass is 10.1. The Kier molecular flexibility index (Phi) is 3.02. The maximum Gasteiger partial charge on any atom is 0.125 e. The predicted octanol–water partition coefficient (Wildman–Crippen LogP) is 1.79. The summed E-state index contributed by atoms with van der Waals surface area (Å²) in [7, 11) is 0.